The molecule has 8 heteroatoms. The fraction of sp³-hybridized carbons (Fsp3) is 0.583. The van der Waals surface area contributed by atoms with Crippen LogP contribution in [0.1, 0.15) is 50.5 Å². The number of carbonyl (C=O) groups excluding carboxylic acids is 1. The lowest BCUT2D eigenvalue weighted by Crippen LogP contribution is -2.48. The molecule has 2 amide bonds. The molecule has 2 aliphatic heterocycles. The van der Waals surface area contributed by atoms with E-state index in [1.165, 1.54) is 6.42 Å². The molecule has 0 radical (unpaired) electrons. The fourth-order valence-electron chi connectivity index (χ4n) is 4.88. The van der Waals surface area contributed by atoms with Gasteiger partial charge in [-0.3, -0.25) is 4.79 Å². The van der Waals surface area contributed by atoms with Gasteiger partial charge in [-0.25, -0.2) is 4.79 Å². The van der Waals surface area contributed by atoms with Gasteiger partial charge < -0.3 is 29.4 Å². The first kappa shape index (κ1) is 21.1. The quantitative estimate of drug-likeness (QED) is 0.743. The lowest BCUT2D eigenvalue weighted by molar-refractivity contribution is 0.0784. The summed E-state index contributed by atoms with van der Waals surface area (Å²) in [5, 5.41) is 4.05. The summed E-state index contributed by atoms with van der Waals surface area (Å²) < 4.78 is 17.1. The molecule has 1 atom stereocenters. The van der Waals surface area contributed by atoms with Gasteiger partial charge in [-0.05, 0) is 37.8 Å². The minimum absolute atomic E-state index is 0.0178. The maximum atomic E-state index is 13.2. The van der Waals surface area contributed by atoms with Crippen LogP contribution in [-0.4, -0.2) is 54.4 Å². The first-order valence-corrected chi connectivity index (χ1v) is 11.8. The Kier molecular flexibility index (Phi) is 6.21. The summed E-state index contributed by atoms with van der Waals surface area (Å²) in [7, 11) is 0. The van der Waals surface area contributed by atoms with Crippen LogP contribution in [0.2, 0.25) is 0 Å². The zero-order valence-corrected chi connectivity index (χ0v) is 18.4. The number of hydrogen-bond donors (Lipinski definition) is 2. The predicted molar refractivity (Wildman–Crippen MR) is 120 cm³/mol. The molecule has 172 valence electrons. The van der Waals surface area contributed by atoms with Crippen LogP contribution < -0.4 is 20.3 Å². The standard InChI is InChI=1S/C24H31N3O5/c28-23-17(11-16-12-21-22(13-20(16)26-23)32-10-9-31-21)14-27(15-19-7-4-8-30-19)24(29)25-18-5-2-1-3-6-18/h11-13,18-19H,1-10,14-15H2,(H,25,29)(H,26,28)/t19-/m1/s1. The molecule has 8 nitrogen and oxygen atoms in total. The highest BCUT2D eigenvalue weighted by atomic mass is 16.6. The van der Waals surface area contributed by atoms with Gasteiger partial charge in [-0.15, -0.1) is 0 Å². The van der Waals surface area contributed by atoms with Crippen LogP contribution in [0.5, 0.6) is 11.5 Å². The van der Waals surface area contributed by atoms with Crippen molar-refractivity contribution in [1.29, 1.82) is 0 Å². The van der Waals surface area contributed by atoms with Crippen molar-refractivity contribution in [3.8, 4) is 11.5 Å². The molecule has 2 fully saturated rings. The molecule has 2 aromatic rings. The molecular formula is C24H31N3O5. The van der Waals surface area contributed by atoms with Crippen LogP contribution in [0, 0.1) is 0 Å². The van der Waals surface area contributed by atoms with Gasteiger partial charge in [0.2, 0.25) is 0 Å². The molecule has 5 rings (SSSR count). The zero-order chi connectivity index (χ0) is 21.9. The van der Waals surface area contributed by atoms with Crippen LogP contribution in [0.4, 0.5) is 4.79 Å². The van der Waals surface area contributed by atoms with E-state index in [-0.39, 0.29) is 30.3 Å². The van der Waals surface area contributed by atoms with Crippen molar-refractivity contribution in [2.24, 2.45) is 0 Å². The molecule has 0 bridgehead atoms. The molecule has 1 aliphatic carbocycles. The molecule has 0 unspecified atom stereocenters. The smallest absolute Gasteiger partial charge is 0.318 e. The Morgan fingerprint density at radius 3 is 2.53 bits per heavy atom. The van der Waals surface area contributed by atoms with Gasteiger partial charge in [-0.1, -0.05) is 19.3 Å². The third kappa shape index (κ3) is 4.70. The summed E-state index contributed by atoms with van der Waals surface area (Å²) in [6.07, 6.45) is 7.53. The molecule has 3 heterocycles. The third-order valence-corrected chi connectivity index (χ3v) is 6.61. The number of nitrogens with zero attached hydrogens (tertiary/aromatic N) is 1. The van der Waals surface area contributed by atoms with Crippen LogP contribution >= 0.6 is 0 Å². The number of amides is 2. The Morgan fingerprint density at radius 1 is 1.00 bits per heavy atom. The van der Waals surface area contributed by atoms with E-state index < -0.39 is 0 Å². The minimum Gasteiger partial charge on any atom is -0.486 e. The first-order valence-electron chi connectivity index (χ1n) is 11.8. The highest BCUT2D eigenvalue weighted by Gasteiger charge is 2.26. The molecule has 0 spiro atoms. The van der Waals surface area contributed by atoms with E-state index in [0.717, 1.165) is 50.5 Å². The average molecular weight is 442 g/mol. The monoisotopic (exact) mass is 441 g/mol. The van der Waals surface area contributed by atoms with Crippen molar-refractivity contribution in [3.05, 3.63) is 34.1 Å². The van der Waals surface area contributed by atoms with Gasteiger partial charge in [0.15, 0.2) is 11.5 Å². The van der Waals surface area contributed by atoms with Gasteiger partial charge in [0.25, 0.3) is 5.56 Å². The Bertz CT molecular complexity index is 1020. The average Bonchev–Trinajstić information content (AvgIpc) is 3.32. The second kappa shape index (κ2) is 9.40. The minimum atomic E-state index is -0.197. The van der Waals surface area contributed by atoms with Gasteiger partial charge in [0.05, 0.1) is 18.2 Å². The largest absolute Gasteiger partial charge is 0.486 e. The number of ether oxygens (including phenoxy) is 3. The summed E-state index contributed by atoms with van der Waals surface area (Å²) in [5.41, 5.74) is 1.04. The van der Waals surface area contributed by atoms with E-state index in [1.54, 1.807) is 11.0 Å². The van der Waals surface area contributed by atoms with E-state index in [1.807, 2.05) is 12.1 Å². The highest BCUT2D eigenvalue weighted by Crippen LogP contribution is 2.33. The van der Waals surface area contributed by atoms with E-state index in [4.69, 9.17) is 14.2 Å². The van der Waals surface area contributed by atoms with E-state index in [2.05, 4.69) is 10.3 Å². The predicted octanol–water partition coefficient (Wildman–Crippen LogP) is 3.32. The van der Waals surface area contributed by atoms with Crippen molar-refractivity contribution in [2.45, 2.75) is 63.6 Å². The number of carbonyl (C=O) groups is 1. The zero-order valence-electron chi connectivity index (χ0n) is 18.4. The second-order valence-corrected chi connectivity index (χ2v) is 9.01. The summed E-state index contributed by atoms with van der Waals surface area (Å²) >= 11 is 0. The number of benzene rings is 1. The van der Waals surface area contributed by atoms with E-state index in [0.29, 0.717) is 42.3 Å². The number of pyridine rings is 1. The maximum absolute atomic E-state index is 13.2. The number of rotatable bonds is 5. The third-order valence-electron chi connectivity index (χ3n) is 6.61. The Morgan fingerprint density at radius 2 is 1.78 bits per heavy atom. The Labute approximate surface area is 187 Å². The number of hydrogen-bond acceptors (Lipinski definition) is 5. The van der Waals surface area contributed by atoms with Crippen molar-refractivity contribution >= 4 is 16.9 Å². The van der Waals surface area contributed by atoms with E-state index in [9.17, 15) is 9.59 Å². The SMILES string of the molecule is O=C(NC1CCCCC1)N(Cc1cc2cc3c(cc2[nH]c1=O)OCCO3)C[C@H]1CCCO1. The van der Waals surface area contributed by atoms with E-state index >= 15 is 0 Å². The number of aromatic nitrogens is 1. The Hall–Kier alpha value is -2.74. The van der Waals surface area contributed by atoms with Crippen LogP contribution in [0.15, 0.2) is 23.0 Å². The highest BCUT2D eigenvalue weighted by molar-refractivity contribution is 5.83. The van der Waals surface area contributed by atoms with Crippen molar-refractivity contribution in [1.82, 2.24) is 15.2 Å². The molecule has 1 saturated carbocycles. The molecule has 2 N–H and O–H groups in total. The normalized spacial score (nSPS) is 20.9. The lowest BCUT2D eigenvalue weighted by atomic mass is 9.96. The molecule has 1 saturated heterocycles. The number of urea groups is 1. The number of fused-ring (bicyclic) bond motifs is 2. The van der Waals surface area contributed by atoms with Crippen LogP contribution in [-0.2, 0) is 11.3 Å². The summed E-state index contributed by atoms with van der Waals surface area (Å²) in [6, 6.07) is 5.63. The van der Waals surface area contributed by atoms with Crippen LogP contribution in [0.25, 0.3) is 10.9 Å². The van der Waals surface area contributed by atoms with Crippen molar-refractivity contribution < 1.29 is 19.0 Å². The number of nitrogens with one attached hydrogen (secondary N) is 2. The molecule has 32 heavy (non-hydrogen) atoms. The fourth-order valence-corrected chi connectivity index (χ4v) is 4.88. The van der Waals surface area contributed by atoms with Crippen LogP contribution in [0.3, 0.4) is 0 Å². The van der Waals surface area contributed by atoms with Gasteiger partial charge in [0, 0.05) is 36.2 Å². The second-order valence-electron chi connectivity index (χ2n) is 9.01. The lowest BCUT2D eigenvalue weighted by Gasteiger charge is -2.30. The summed E-state index contributed by atoms with van der Waals surface area (Å²) in [5.74, 6) is 1.31. The topological polar surface area (TPSA) is 92.9 Å². The molecule has 1 aromatic carbocycles. The molecule has 3 aliphatic rings. The molecule has 1 aromatic heterocycles. The number of aromatic amines is 1. The first-order chi connectivity index (χ1) is 15.7. The Balaban J connectivity index is 1.39. The van der Waals surface area contributed by atoms with Crippen molar-refractivity contribution in [3.63, 3.8) is 0 Å². The summed E-state index contributed by atoms with van der Waals surface area (Å²) in [6.45, 7) is 2.45. The summed E-state index contributed by atoms with van der Waals surface area (Å²) in [4.78, 5) is 30.7. The van der Waals surface area contributed by atoms with Gasteiger partial charge in [0.1, 0.15) is 13.2 Å². The number of H-pyrrole nitrogens is 1. The molecular weight excluding hydrogens is 410 g/mol. The van der Waals surface area contributed by atoms with Gasteiger partial charge >= 0.3 is 6.03 Å². The van der Waals surface area contributed by atoms with Crippen molar-refractivity contribution in [2.75, 3.05) is 26.4 Å². The maximum Gasteiger partial charge on any atom is 0.318 e. The van der Waals surface area contributed by atoms with Gasteiger partial charge in [-0.2, -0.15) is 0 Å².